The molecule has 1 heterocycles. The quantitative estimate of drug-likeness (QED) is 0.403. The standard InChI is InChI=1S/C5H9O/c1-5-3-2-4-6-5/h2-4H2,1H3/q+1. The summed E-state index contributed by atoms with van der Waals surface area (Å²) in [6.45, 7) is 2.98. The molecule has 0 saturated carbocycles. The first-order valence-corrected chi connectivity index (χ1v) is 2.35. The minimum absolute atomic E-state index is 0.950. The van der Waals surface area contributed by atoms with Crippen molar-refractivity contribution in [2.45, 2.75) is 19.8 Å². The number of rotatable bonds is 0. The van der Waals surface area contributed by atoms with Crippen molar-refractivity contribution >= 4 is 0 Å². The van der Waals surface area contributed by atoms with Gasteiger partial charge in [0.15, 0.2) is 0 Å². The van der Waals surface area contributed by atoms with E-state index in [0.29, 0.717) is 0 Å². The normalized spacial score (nSPS) is 22.5. The summed E-state index contributed by atoms with van der Waals surface area (Å²) in [6.07, 6.45) is 3.61. The molecule has 34 valence electrons. The number of ether oxygens (including phenoxy) is 1. The molecule has 0 N–H and O–H groups in total. The minimum Gasteiger partial charge on any atom is -0.194 e. The van der Waals surface area contributed by atoms with Crippen molar-refractivity contribution in [1.29, 1.82) is 0 Å². The van der Waals surface area contributed by atoms with E-state index in [1.54, 1.807) is 0 Å². The first-order valence-electron chi connectivity index (χ1n) is 2.35. The SMILES string of the molecule is C[C+]1CCCO1. The molecule has 1 saturated heterocycles. The summed E-state index contributed by atoms with van der Waals surface area (Å²) in [5.41, 5.74) is 0. The summed E-state index contributed by atoms with van der Waals surface area (Å²) < 4.78 is 5.07. The Labute approximate surface area is 38.3 Å². The van der Waals surface area contributed by atoms with Gasteiger partial charge in [0.1, 0.15) is 20.0 Å². The van der Waals surface area contributed by atoms with Gasteiger partial charge in [-0.3, -0.25) is 0 Å². The molecule has 1 aliphatic heterocycles. The lowest BCUT2D eigenvalue weighted by atomic mass is 10.3. The van der Waals surface area contributed by atoms with Crippen LogP contribution in [-0.2, 0) is 4.74 Å². The zero-order valence-corrected chi connectivity index (χ0v) is 4.03. The second-order valence-electron chi connectivity index (χ2n) is 1.65. The van der Waals surface area contributed by atoms with Gasteiger partial charge < -0.3 is 0 Å². The van der Waals surface area contributed by atoms with E-state index < -0.39 is 0 Å². The fourth-order valence-corrected chi connectivity index (χ4v) is 0.640. The third-order valence-corrected chi connectivity index (χ3v) is 1.02. The van der Waals surface area contributed by atoms with E-state index in [-0.39, 0.29) is 0 Å². The van der Waals surface area contributed by atoms with Gasteiger partial charge in [0.2, 0.25) is 6.10 Å². The lowest BCUT2D eigenvalue weighted by Gasteiger charge is -1.77. The van der Waals surface area contributed by atoms with Gasteiger partial charge in [-0.25, -0.2) is 0 Å². The topological polar surface area (TPSA) is 9.23 Å². The van der Waals surface area contributed by atoms with Crippen molar-refractivity contribution < 1.29 is 4.74 Å². The molecule has 1 fully saturated rings. The summed E-state index contributed by atoms with van der Waals surface area (Å²) in [7, 11) is 0. The lowest BCUT2D eigenvalue weighted by Crippen LogP contribution is -1.82. The molecule has 6 heavy (non-hydrogen) atoms. The smallest absolute Gasteiger partial charge is 0.194 e. The van der Waals surface area contributed by atoms with Crippen LogP contribution in [0.2, 0.25) is 0 Å². The minimum atomic E-state index is 0.950. The molecule has 1 aliphatic rings. The van der Waals surface area contributed by atoms with Crippen molar-refractivity contribution in [3.8, 4) is 0 Å². The summed E-state index contributed by atoms with van der Waals surface area (Å²) in [5.74, 6) is 0. The molecule has 1 rings (SSSR count). The van der Waals surface area contributed by atoms with Crippen LogP contribution in [-0.4, -0.2) is 6.61 Å². The fourth-order valence-electron chi connectivity index (χ4n) is 0.640. The molecule has 0 unspecified atom stereocenters. The highest BCUT2D eigenvalue weighted by Gasteiger charge is 2.20. The molecule has 0 atom stereocenters. The highest BCUT2D eigenvalue weighted by atomic mass is 16.5. The molecule has 1 heteroatoms. The Morgan fingerprint density at radius 3 is 2.67 bits per heavy atom. The van der Waals surface area contributed by atoms with Gasteiger partial charge >= 0.3 is 0 Å². The Kier molecular flexibility index (Phi) is 1.01. The second-order valence-corrected chi connectivity index (χ2v) is 1.65. The van der Waals surface area contributed by atoms with Crippen molar-refractivity contribution in [3.63, 3.8) is 0 Å². The van der Waals surface area contributed by atoms with Crippen molar-refractivity contribution in [3.05, 3.63) is 6.10 Å². The van der Waals surface area contributed by atoms with Crippen LogP contribution < -0.4 is 0 Å². The number of hydrogen-bond donors (Lipinski definition) is 0. The van der Waals surface area contributed by atoms with Gasteiger partial charge in [0.05, 0.1) is 0 Å². The maximum atomic E-state index is 5.07. The van der Waals surface area contributed by atoms with E-state index in [9.17, 15) is 0 Å². The van der Waals surface area contributed by atoms with Gasteiger partial charge in [0, 0.05) is 6.42 Å². The van der Waals surface area contributed by atoms with E-state index in [0.717, 1.165) is 6.61 Å². The Morgan fingerprint density at radius 1 is 1.67 bits per heavy atom. The largest absolute Gasteiger partial charge is 0.238 e. The predicted molar refractivity (Wildman–Crippen MR) is 24.1 cm³/mol. The molecule has 0 aliphatic carbocycles. The van der Waals surface area contributed by atoms with Crippen LogP contribution in [0.5, 0.6) is 0 Å². The van der Waals surface area contributed by atoms with Crippen molar-refractivity contribution in [2.24, 2.45) is 0 Å². The summed E-state index contributed by atoms with van der Waals surface area (Å²) in [6, 6.07) is 0. The van der Waals surface area contributed by atoms with Crippen LogP contribution >= 0.6 is 0 Å². The van der Waals surface area contributed by atoms with Gasteiger partial charge in [-0.05, 0) is 0 Å². The molecule has 0 radical (unpaired) electrons. The molecule has 0 amide bonds. The number of hydrogen-bond acceptors (Lipinski definition) is 1. The van der Waals surface area contributed by atoms with Gasteiger partial charge in [0.25, 0.3) is 0 Å². The zero-order chi connectivity index (χ0) is 4.41. The summed E-state index contributed by atoms with van der Waals surface area (Å²) in [5, 5.41) is 0. The van der Waals surface area contributed by atoms with E-state index in [4.69, 9.17) is 4.74 Å². The maximum absolute atomic E-state index is 5.07. The van der Waals surface area contributed by atoms with Gasteiger partial charge in [-0.1, -0.05) is 0 Å². The Morgan fingerprint density at radius 2 is 2.50 bits per heavy atom. The average Bonchev–Trinajstić information content (AvgIpc) is 1.86. The molecule has 0 spiro atoms. The third kappa shape index (κ3) is 0.658. The van der Waals surface area contributed by atoms with Crippen molar-refractivity contribution in [2.75, 3.05) is 6.61 Å². The second kappa shape index (κ2) is 1.52. The van der Waals surface area contributed by atoms with Crippen LogP contribution in [0.1, 0.15) is 19.8 Å². The van der Waals surface area contributed by atoms with Crippen molar-refractivity contribution in [1.82, 2.24) is 0 Å². The van der Waals surface area contributed by atoms with E-state index in [1.165, 1.54) is 18.9 Å². The molecule has 0 bridgehead atoms. The molecular weight excluding hydrogens is 76.1 g/mol. The van der Waals surface area contributed by atoms with Gasteiger partial charge in [-0.15, -0.1) is 0 Å². The average molecular weight is 85.1 g/mol. The summed E-state index contributed by atoms with van der Waals surface area (Å²) >= 11 is 0. The Hall–Kier alpha value is -0.170. The highest BCUT2D eigenvalue weighted by molar-refractivity contribution is 4.75. The first kappa shape index (κ1) is 4.00. The summed E-state index contributed by atoms with van der Waals surface area (Å²) in [4.78, 5) is 0. The molecule has 0 aromatic heterocycles. The Balaban J connectivity index is 2.18. The van der Waals surface area contributed by atoms with Crippen LogP contribution in [0, 0.1) is 6.10 Å². The predicted octanol–water partition coefficient (Wildman–Crippen LogP) is 1.35. The highest BCUT2D eigenvalue weighted by Crippen LogP contribution is 2.16. The van der Waals surface area contributed by atoms with E-state index >= 15 is 0 Å². The molecular formula is C5H9O+. The fraction of sp³-hybridized carbons (Fsp3) is 0.800. The monoisotopic (exact) mass is 85.1 g/mol. The van der Waals surface area contributed by atoms with Crippen LogP contribution in [0.3, 0.4) is 0 Å². The van der Waals surface area contributed by atoms with Crippen LogP contribution in [0.15, 0.2) is 0 Å². The Bertz CT molecular complexity index is 37.2. The van der Waals surface area contributed by atoms with Gasteiger partial charge in [-0.2, -0.15) is 4.74 Å². The molecule has 0 aromatic carbocycles. The lowest BCUT2D eigenvalue weighted by molar-refractivity contribution is 0.205. The molecule has 1 nitrogen and oxygen atoms in total. The third-order valence-electron chi connectivity index (χ3n) is 1.02. The molecule has 0 aromatic rings. The maximum Gasteiger partial charge on any atom is 0.238 e. The van der Waals surface area contributed by atoms with E-state index in [1.807, 2.05) is 6.92 Å². The zero-order valence-electron chi connectivity index (χ0n) is 4.03. The first-order chi connectivity index (χ1) is 2.89. The van der Waals surface area contributed by atoms with E-state index in [2.05, 4.69) is 0 Å². The van der Waals surface area contributed by atoms with Crippen LogP contribution in [0.25, 0.3) is 0 Å². The van der Waals surface area contributed by atoms with Crippen LogP contribution in [0.4, 0.5) is 0 Å².